The lowest BCUT2D eigenvalue weighted by molar-refractivity contribution is -0.144. The number of carboxylic acids is 1. The molecule has 1 aliphatic heterocycles. The van der Waals surface area contributed by atoms with Gasteiger partial charge in [-0.1, -0.05) is 12.8 Å². The van der Waals surface area contributed by atoms with E-state index < -0.39 is 33.4 Å². The fraction of sp³-hybridized carbons (Fsp3) is 0.833. The molecule has 7 nitrogen and oxygen atoms in total. The Bertz CT molecular complexity index is 496. The van der Waals surface area contributed by atoms with E-state index in [1.54, 1.807) is 0 Å². The predicted molar refractivity (Wildman–Crippen MR) is 72.2 cm³/mol. The van der Waals surface area contributed by atoms with Crippen LogP contribution in [0.2, 0.25) is 0 Å². The van der Waals surface area contributed by atoms with Crippen molar-refractivity contribution in [3.63, 3.8) is 0 Å². The minimum atomic E-state index is -3.10. The van der Waals surface area contributed by atoms with Gasteiger partial charge in [0.15, 0.2) is 9.84 Å². The number of amides is 2. The molecule has 2 rings (SSSR count). The molecule has 2 fully saturated rings. The minimum absolute atomic E-state index is 0.0690. The van der Waals surface area contributed by atoms with Gasteiger partial charge in [0.25, 0.3) is 0 Å². The number of sulfone groups is 1. The van der Waals surface area contributed by atoms with Gasteiger partial charge in [-0.25, -0.2) is 18.0 Å². The number of hydrogen-bond acceptors (Lipinski definition) is 4. The molecule has 1 saturated heterocycles. The van der Waals surface area contributed by atoms with Crippen molar-refractivity contribution in [1.82, 2.24) is 10.6 Å². The Morgan fingerprint density at radius 3 is 2.35 bits per heavy atom. The fourth-order valence-electron chi connectivity index (χ4n) is 2.95. The number of carboxylic acid groups (broad SMARTS) is 1. The van der Waals surface area contributed by atoms with Gasteiger partial charge in [0.05, 0.1) is 11.5 Å². The van der Waals surface area contributed by atoms with Crippen LogP contribution < -0.4 is 10.6 Å². The summed E-state index contributed by atoms with van der Waals surface area (Å²) >= 11 is 0. The van der Waals surface area contributed by atoms with Crippen molar-refractivity contribution in [3.8, 4) is 0 Å². The Morgan fingerprint density at radius 2 is 1.80 bits per heavy atom. The molecule has 1 atom stereocenters. The van der Waals surface area contributed by atoms with E-state index in [4.69, 9.17) is 0 Å². The number of hydrogen-bond donors (Lipinski definition) is 3. The van der Waals surface area contributed by atoms with E-state index in [0.717, 1.165) is 12.8 Å². The second kappa shape index (κ2) is 5.59. The number of carbonyl (C=O) groups is 2. The third-order valence-corrected chi connectivity index (χ3v) is 5.84. The van der Waals surface area contributed by atoms with Crippen molar-refractivity contribution < 1.29 is 23.1 Å². The molecule has 1 aliphatic carbocycles. The van der Waals surface area contributed by atoms with Gasteiger partial charge in [0, 0.05) is 6.04 Å². The summed E-state index contributed by atoms with van der Waals surface area (Å²) in [6.07, 6.45) is 3.50. The molecule has 1 heterocycles. The van der Waals surface area contributed by atoms with Crippen LogP contribution in [-0.2, 0) is 14.6 Å². The van der Waals surface area contributed by atoms with E-state index in [-0.39, 0.29) is 11.5 Å². The van der Waals surface area contributed by atoms with Gasteiger partial charge in [-0.05, 0) is 25.7 Å². The molecule has 0 spiro atoms. The highest BCUT2D eigenvalue weighted by Gasteiger charge is 2.43. The van der Waals surface area contributed by atoms with Crippen LogP contribution in [0, 0.1) is 0 Å². The molecule has 20 heavy (non-hydrogen) atoms. The van der Waals surface area contributed by atoms with Crippen LogP contribution in [0.4, 0.5) is 4.79 Å². The van der Waals surface area contributed by atoms with E-state index in [1.807, 2.05) is 0 Å². The Hall–Kier alpha value is -1.31. The molecule has 8 heteroatoms. The van der Waals surface area contributed by atoms with E-state index >= 15 is 0 Å². The highest BCUT2D eigenvalue weighted by Crippen LogP contribution is 2.29. The zero-order valence-corrected chi connectivity index (χ0v) is 12.0. The maximum Gasteiger partial charge on any atom is 0.329 e. The van der Waals surface area contributed by atoms with Crippen LogP contribution in [0.15, 0.2) is 0 Å². The summed E-state index contributed by atoms with van der Waals surface area (Å²) in [5.74, 6) is -0.937. The lowest BCUT2D eigenvalue weighted by atomic mass is 9.98. The molecule has 0 aromatic heterocycles. The van der Waals surface area contributed by atoms with Crippen LogP contribution in [0.3, 0.4) is 0 Å². The standard InChI is InChI=1S/C12H20N2O5S/c15-10(16)12(5-1-2-6-12)14-11(17)13-9-4-3-7-20(18,19)8-9/h9H,1-8H2,(H,15,16)(H2,13,14,17). The van der Waals surface area contributed by atoms with Gasteiger partial charge in [-0.2, -0.15) is 0 Å². The van der Waals surface area contributed by atoms with Crippen molar-refractivity contribution in [2.75, 3.05) is 11.5 Å². The molecule has 1 saturated carbocycles. The topological polar surface area (TPSA) is 113 Å². The number of carbonyl (C=O) groups excluding carboxylic acids is 1. The second-order valence-corrected chi connectivity index (χ2v) is 7.88. The van der Waals surface area contributed by atoms with Crippen LogP contribution in [0.25, 0.3) is 0 Å². The molecular weight excluding hydrogens is 284 g/mol. The lowest BCUT2D eigenvalue weighted by Gasteiger charge is -2.28. The highest BCUT2D eigenvalue weighted by atomic mass is 32.2. The van der Waals surface area contributed by atoms with Gasteiger partial charge in [-0.15, -0.1) is 0 Å². The summed E-state index contributed by atoms with van der Waals surface area (Å²) in [5.41, 5.74) is -1.20. The Labute approximate surface area is 118 Å². The molecule has 114 valence electrons. The average Bonchev–Trinajstić information content (AvgIpc) is 2.77. The van der Waals surface area contributed by atoms with E-state index in [1.165, 1.54) is 0 Å². The van der Waals surface area contributed by atoms with Crippen molar-refractivity contribution >= 4 is 21.8 Å². The predicted octanol–water partition coefficient (Wildman–Crippen LogP) is 0.260. The number of rotatable bonds is 3. The van der Waals surface area contributed by atoms with E-state index in [9.17, 15) is 23.1 Å². The first-order chi connectivity index (χ1) is 9.33. The Balaban J connectivity index is 1.93. The fourth-order valence-corrected chi connectivity index (χ4v) is 4.58. The SMILES string of the molecule is O=C(NC1CCCS(=O)(=O)C1)NC1(C(=O)O)CCCC1. The van der Waals surface area contributed by atoms with Gasteiger partial charge in [0.1, 0.15) is 5.54 Å². The van der Waals surface area contributed by atoms with Gasteiger partial charge >= 0.3 is 12.0 Å². The molecule has 2 amide bonds. The first-order valence-electron chi connectivity index (χ1n) is 6.85. The zero-order valence-electron chi connectivity index (χ0n) is 11.2. The smallest absolute Gasteiger partial charge is 0.329 e. The molecule has 3 N–H and O–H groups in total. The second-order valence-electron chi connectivity index (χ2n) is 5.65. The first-order valence-corrected chi connectivity index (χ1v) is 8.68. The summed E-state index contributed by atoms with van der Waals surface area (Å²) in [4.78, 5) is 23.2. The van der Waals surface area contributed by atoms with Crippen molar-refractivity contribution in [1.29, 1.82) is 0 Å². The minimum Gasteiger partial charge on any atom is -0.480 e. The maximum atomic E-state index is 11.9. The van der Waals surface area contributed by atoms with Gasteiger partial charge < -0.3 is 15.7 Å². The quantitative estimate of drug-likeness (QED) is 0.692. The van der Waals surface area contributed by atoms with Crippen LogP contribution in [-0.4, -0.2) is 48.6 Å². The molecule has 1 unspecified atom stereocenters. The molecular formula is C12H20N2O5S. The van der Waals surface area contributed by atoms with E-state index in [2.05, 4.69) is 10.6 Å². The van der Waals surface area contributed by atoms with E-state index in [0.29, 0.717) is 25.7 Å². The molecule has 0 radical (unpaired) electrons. The highest BCUT2D eigenvalue weighted by molar-refractivity contribution is 7.91. The average molecular weight is 304 g/mol. The van der Waals surface area contributed by atoms with Crippen LogP contribution >= 0.6 is 0 Å². The van der Waals surface area contributed by atoms with Crippen molar-refractivity contribution in [2.24, 2.45) is 0 Å². The lowest BCUT2D eigenvalue weighted by Crippen LogP contribution is -2.58. The summed E-state index contributed by atoms with van der Waals surface area (Å²) in [5, 5.41) is 14.4. The monoisotopic (exact) mass is 304 g/mol. The molecule has 2 aliphatic rings. The Kier molecular flexibility index (Phi) is 4.22. The van der Waals surface area contributed by atoms with Crippen molar-refractivity contribution in [2.45, 2.75) is 50.1 Å². The van der Waals surface area contributed by atoms with Crippen molar-refractivity contribution in [3.05, 3.63) is 0 Å². The number of aliphatic carboxylic acids is 1. The first kappa shape index (κ1) is 15.1. The zero-order chi connectivity index (χ0) is 14.8. The molecule has 0 aromatic rings. The summed E-state index contributed by atoms with van der Waals surface area (Å²) < 4.78 is 23.0. The summed E-state index contributed by atoms with van der Waals surface area (Å²) in [6, 6.07) is -1.02. The normalized spacial score (nSPS) is 27.7. The third-order valence-electron chi connectivity index (χ3n) is 4.02. The Morgan fingerprint density at radius 1 is 1.15 bits per heavy atom. The van der Waals surface area contributed by atoms with Crippen LogP contribution in [0.1, 0.15) is 38.5 Å². The summed E-state index contributed by atoms with van der Waals surface area (Å²) in [6.45, 7) is 0. The number of nitrogens with one attached hydrogen (secondary N) is 2. The summed E-state index contributed by atoms with van der Waals surface area (Å²) in [7, 11) is -3.10. The molecule has 0 aromatic carbocycles. The third kappa shape index (κ3) is 3.41. The van der Waals surface area contributed by atoms with Crippen LogP contribution in [0.5, 0.6) is 0 Å². The van der Waals surface area contributed by atoms with Gasteiger partial charge in [-0.3, -0.25) is 0 Å². The molecule has 0 bridgehead atoms. The van der Waals surface area contributed by atoms with Gasteiger partial charge in [0.2, 0.25) is 0 Å². The maximum absolute atomic E-state index is 11.9. The number of urea groups is 1. The largest absolute Gasteiger partial charge is 0.480 e.